The van der Waals surface area contributed by atoms with Crippen molar-refractivity contribution in [2.24, 2.45) is 14.1 Å². The van der Waals surface area contributed by atoms with Gasteiger partial charge in [0.15, 0.2) is 11.2 Å². The molecule has 0 fully saturated rings. The van der Waals surface area contributed by atoms with Crippen molar-refractivity contribution in [3.8, 4) is 11.1 Å². The minimum Gasteiger partial charge on any atom is -0.459 e. The van der Waals surface area contributed by atoms with Gasteiger partial charge in [0.05, 0.1) is 6.33 Å². The average molecular weight is 404 g/mol. The van der Waals surface area contributed by atoms with Crippen LogP contribution in [-0.2, 0) is 36.8 Å². The van der Waals surface area contributed by atoms with Gasteiger partial charge in [0.2, 0.25) is 0 Å². The Morgan fingerprint density at radius 2 is 1.60 bits per heavy atom. The third kappa shape index (κ3) is 3.55. The lowest BCUT2D eigenvalue weighted by Crippen LogP contribution is -2.37. The minimum absolute atomic E-state index is 0.122. The van der Waals surface area contributed by atoms with Crippen LogP contribution in [0.4, 0.5) is 0 Å². The number of carbonyl (C=O) groups excluding carboxylic acids is 1. The molecule has 0 aliphatic heterocycles. The maximum Gasteiger partial charge on any atom is 0.332 e. The Kier molecular flexibility index (Phi) is 5.05. The molecular formula is C22H20N4O4. The Morgan fingerprint density at radius 3 is 2.30 bits per heavy atom. The van der Waals surface area contributed by atoms with Crippen molar-refractivity contribution in [2.75, 3.05) is 0 Å². The Labute approximate surface area is 171 Å². The maximum absolute atomic E-state index is 12.4. The van der Waals surface area contributed by atoms with Crippen LogP contribution in [-0.4, -0.2) is 24.7 Å². The number of aromatic nitrogens is 4. The lowest BCUT2D eigenvalue weighted by molar-refractivity contribution is -0.145. The van der Waals surface area contributed by atoms with E-state index in [2.05, 4.69) is 4.98 Å². The van der Waals surface area contributed by atoms with E-state index in [1.165, 1.54) is 29.6 Å². The molecule has 0 unspecified atom stereocenters. The molecule has 0 N–H and O–H groups in total. The molecule has 0 amide bonds. The van der Waals surface area contributed by atoms with Crippen molar-refractivity contribution in [3.63, 3.8) is 0 Å². The van der Waals surface area contributed by atoms with Crippen LogP contribution >= 0.6 is 0 Å². The maximum atomic E-state index is 12.4. The van der Waals surface area contributed by atoms with Gasteiger partial charge in [0.25, 0.3) is 5.56 Å². The zero-order valence-corrected chi connectivity index (χ0v) is 16.6. The standard InChI is InChI=1S/C22H20N4O4/c1-24-20-19(21(28)25(2)22(24)29)26(14-23-20)12-18(27)30-13-15-8-10-17(11-9-15)16-6-4-3-5-7-16/h3-11,14H,12-13H2,1-2H3. The summed E-state index contributed by atoms with van der Waals surface area (Å²) in [5.41, 5.74) is 2.49. The van der Waals surface area contributed by atoms with Gasteiger partial charge >= 0.3 is 11.7 Å². The average Bonchev–Trinajstić information content (AvgIpc) is 3.19. The molecule has 30 heavy (non-hydrogen) atoms. The summed E-state index contributed by atoms with van der Waals surface area (Å²) in [5, 5.41) is 0. The number of hydrogen-bond donors (Lipinski definition) is 0. The van der Waals surface area contributed by atoms with Gasteiger partial charge in [-0.1, -0.05) is 54.6 Å². The van der Waals surface area contributed by atoms with E-state index in [1.54, 1.807) is 0 Å². The van der Waals surface area contributed by atoms with Gasteiger partial charge in [-0.05, 0) is 16.7 Å². The highest BCUT2D eigenvalue weighted by atomic mass is 16.5. The van der Waals surface area contributed by atoms with Crippen LogP contribution in [0.25, 0.3) is 22.3 Å². The number of fused-ring (bicyclic) bond motifs is 1. The lowest BCUT2D eigenvalue weighted by atomic mass is 10.0. The van der Waals surface area contributed by atoms with Crippen LogP contribution in [0.3, 0.4) is 0 Å². The fourth-order valence-corrected chi connectivity index (χ4v) is 3.29. The lowest BCUT2D eigenvalue weighted by Gasteiger charge is -2.08. The SMILES string of the molecule is Cn1c(=O)c2c(ncn2CC(=O)OCc2ccc(-c3ccccc3)cc2)n(C)c1=O. The molecule has 4 rings (SSSR count). The summed E-state index contributed by atoms with van der Waals surface area (Å²) >= 11 is 0. The number of aryl methyl sites for hydroxylation is 1. The Morgan fingerprint density at radius 1 is 0.933 bits per heavy atom. The number of esters is 1. The van der Waals surface area contributed by atoms with E-state index in [0.717, 1.165) is 21.3 Å². The summed E-state index contributed by atoms with van der Waals surface area (Å²) in [5.74, 6) is -0.502. The first-order valence-electron chi connectivity index (χ1n) is 9.36. The predicted molar refractivity (Wildman–Crippen MR) is 112 cm³/mol. The highest BCUT2D eigenvalue weighted by Crippen LogP contribution is 2.19. The molecule has 0 saturated heterocycles. The van der Waals surface area contributed by atoms with Gasteiger partial charge in [-0.3, -0.25) is 18.7 Å². The van der Waals surface area contributed by atoms with E-state index >= 15 is 0 Å². The first-order valence-corrected chi connectivity index (χ1v) is 9.36. The summed E-state index contributed by atoms with van der Waals surface area (Å²) in [6, 6.07) is 17.8. The first-order chi connectivity index (χ1) is 14.5. The van der Waals surface area contributed by atoms with Crippen molar-refractivity contribution in [2.45, 2.75) is 13.2 Å². The molecular weight excluding hydrogens is 384 g/mol. The van der Waals surface area contributed by atoms with Gasteiger partial charge in [0.1, 0.15) is 13.2 Å². The Hall–Kier alpha value is -3.94. The van der Waals surface area contributed by atoms with Crippen LogP contribution in [0, 0.1) is 0 Å². The van der Waals surface area contributed by atoms with E-state index in [0.29, 0.717) is 0 Å². The zero-order chi connectivity index (χ0) is 21.3. The van der Waals surface area contributed by atoms with Crippen molar-refractivity contribution in [3.05, 3.63) is 87.3 Å². The number of ether oxygens (including phenoxy) is 1. The molecule has 8 heteroatoms. The highest BCUT2D eigenvalue weighted by molar-refractivity contribution is 5.75. The second-order valence-corrected chi connectivity index (χ2v) is 6.97. The van der Waals surface area contributed by atoms with E-state index in [4.69, 9.17) is 4.74 Å². The van der Waals surface area contributed by atoms with Gasteiger partial charge in [-0.15, -0.1) is 0 Å². The molecule has 4 aromatic rings. The monoisotopic (exact) mass is 404 g/mol. The molecule has 0 spiro atoms. The number of nitrogens with zero attached hydrogens (tertiary/aromatic N) is 4. The van der Waals surface area contributed by atoms with Crippen molar-refractivity contribution in [1.29, 1.82) is 0 Å². The smallest absolute Gasteiger partial charge is 0.332 e. The fourth-order valence-electron chi connectivity index (χ4n) is 3.29. The zero-order valence-electron chi connectivity index (χ0n) is 16.6. The molecule has 2 heterocycles. The molecule has 8 nitrogen and oxygen atoms in total. The molecule has 0 atom stereocenters. The molecule has 0 bridgehead atoms. The molecule has 152 valence electrons. The third-order valence-electron chi connectivity index (χ3n) is 4.98. The summed E-state index contributed by atoms with van der Waals surface area (Å²) in [4.78, 5) is 40.8. The topological polar surface area (TPSA) is 88.1 Å². The van der Waals surface area contributed by atoms with Crippen molar-refractivity contribution >= 4 is 17.1 Å². The van der Waals surface area contributed by atoms with Crippen LogP contribution in [0.2, 0.25) is 0 Å². The van der Waals surface area contributed by atoms with E-state index in [-0.39, 0.29) is 24.3 Å². The van der Waals surface area contributed by atoms with Crippen LogP contribution in [0.5, 0.6) is 0 Å². The number of imidazole rings is 1. The number of rotatable bonds is 5. The molecule has 2 aromatic heterocycles. The fraction of sp³-hybridized carbons (Fsp3) is 0.182. The normalized spacial score (nSPS) is 11.0. The van der Waals surface area contributed by atoms with Gasteiger partial charge < -0.3 is 9.30 Å². The van der Waals surface area contributed by atoms with Crippen molar-refractivity contribution < 1.29 is 9.53 Å². The second kappa shape index (κ2) is 7.82. The molecule has 0 aliphatic carbocycles. The predicted octanol–water partition coefficient (Wildman–Crippen LogP) is 1.84. The van der Waals surface area contributed by atoms with Crippen LogP contribution in [0.1, 0.15) is 5.56 Å². The van der Waals surface area contributed by atoms with Gasteiger partial charge in [0, 0.05) is 14.1 Å². The number of carbonyl (C=O) groups is 1. The minimum atomic E-state index is -0.505. The number of benzene rings is 2. The second-order valence-electron chi connectivity index (χ2n) is 6.97. The third-order valence-corrected chi connectivity index (χ3v) is 4.98. The highest BCUT2D eigenvalue weighted by Gasteiger charge is 2.16. The van der Waals surface area contributed by atoms with Crippen molar-refractivity contribution in [1.82, 2.24) is 18.7 Å². The molecule has 0 radical (unpaired) electrons. The van der Waals surface area contributed by atoms with Crippen LogP contribution in [0.15, 0.2) is 70.5 Å². The first kappa shape index (κ1) is 19.4. The Balaban J connectivity index is 1.46. The van der Waals surface area contributed by atoms with E-state index in [1.807, 2.05) is 54.6 Å². The summed E-state index contributed by atoms with van der Waals surface area (Å²) < 4.78 is 9.01. The van der Waals surface area contributed by atoms with E-state index in [9.17, 15) is 14.4 Å². The molecule has 2 aromatic carbocycles. The Bertz CT molecular complexity index is 1330. The summed E-state index contributed by atoms with van der Waals surface area (Å²) in [6.45, 7) is -0.0525. The molecule has 0 aliphatic rings. The largest absolute Gasteiger partial charge is 0.459 e. The van der Waals surface area contributed by atoms with Gasteiger partial charge in [-0.25, -0.2) is 9.78 Å². The summed E-state index contributed by atoms with van der Waals surface area (Å²) in [6.07, 6.45) is 1.36. The molecule has 0 saturated carbocycles. The summed E-state index contributed by atoms with van der Waals surface area (Å²) in [7, 11) is 2.91. The number of hydrogen-bond acceptors (Lipinski definition) is 5. The quantitative estimate of drug-likeness (QED) is 0.474. The van der Waals surface area contributed by atoms with Gasteiger partial charge in [-0.2, -0.15) is 0 Å². The van der Waals surface area contributed by atoms with Crippen LogP contribution < -0.4 is 11.2 Å². The van der Waals surface area contributed by atoms with E-state index < -0.39 is 17.2 Å².